The highest BCUT2D eigenvalue weighted by molar-refractivity contribution is 6.23. The minimum absolute atomic E-state index is 0.0605. The van der Waals surface area contributed by atoms with E-state index < -0.39 is 0 Å². The second kappa shape index (κ2) is 12.0. The van der Waals surface area contributed by atoms with Gasteiger partial charge in [0.15, 0.2) is 0 Å². The summed E-state index contributed by atoms with van der Waals surface area (Å²) >= 11 is 6.40. The summed E-state index contributed by atoms with van der Waals surface area (Å²) in [5.74, 6) is 0.318. The van der Waals surface area contributed by atoms with Gasteiger partial charge in [0.2, 0.25) is 0 Å². The molecular formula is C23H33ClO2. The van der Waals surface area contributed by atoms with Crippen molar-refractivity contribution >= 4 is 17.6 Å². The van der Waals surface area contributed by atoms with Gasteiger partial charge in [-0.2, -0.15) is 0 Å². The molecule has 2 unspecified atom stereocenters. The minimum atomic E-state index is -0.301. The smallest absolute Gasteiger partial charge is 0.331 e. The van der Waals surface area contributed by atoms with E-state index in [9.17, 15) is 4.79 Å². The van der Waals surface area contributed by atoms with Gasteiger partial charge in [-0.15, -0.1) is 11.6 Å². The van der Waals surface area contributed by atoms with E-state index >= 15 is 0 Å². The van der Waals surface area contributed by atoms with E-state index in [0.29, 0.717) is 12.5 Å². The van der Waals surface area contributed by atoms with Gasteiger partial charge in [-0.25, -0.2) is 4.79 Å². The number of hydrogen-bond donors (Lipinski definition) is 0. The second-order valence-corrected chi connectivity index (χ2v) is 8.30. The van der Waals surface area contributed by atoms with Crippen LogP contribution in [0.4, 0.5) is 0 Å². The molecule has 2 nitrogen and oxygen atoms in total. The van der Waals surface area contributed by atoms with Crippen LogP contribution < -0.4 is 0 Å². The van der Waals surface area contributed by atoms with Crippen molar-refractivity contribution in [3.63, 3.8) is 0 Å². The molecule has 1 rings (SSSR count). The summed E-state index contributed by atoms with van der Waals surface area (Å²) in [5.41, 5.74) is 1.90. The number of rotatable bonds is 11. The molecule has 26 heavy (non-hydrogen) atoms. The van der Waals surface area contributed by atoms with Crippen molar-refractivity contribution in [3.05, 3.63) is 59.7 Å². The average Bonchev–Trinajstić information content (AvgIpc) is 2.60. The Bertz CT molecular complexity index is 587. The van der Waals surface area contributed by atoms with E-state index in [1.807, 2.05) is 43.3 Å². The first kappa shape index (κ1) is 22.5. The van der Waals surface area contributed by atoms with Gasteiger partial charge in [-0.3, -0.25) is 0 Å². The zero-order valence-corrected chi connectivity index (χ0v) is 17.4. The molecule has 0 aromatic heterocycles. The monoisotopic (exact) mass is 376 g/mol. The Morgan fingerprint density at radius 3 is 2.65 bits per heavy atom. The molecule has 144 valence electrons. The number of carbonyl (C=O) groups excluding carboxylic acids is 1. The van der Waals surface area contributed by atoms with Crippen LogP contribution in [0.1, 0.15) is 65.4 Å². The van der Waals surface area contributed by atoms with E-state index in [1.54, 1.807) is 6.08 Å². The number of hydrogen-bond acceptors (Lipinski definition) is 2. The average molecular weight is 377 g/mol. The third-order valence-corrected chi connectivity index (χ3v) is 5.08. The van der Waals surface area contributed by atoms with Crippen molar-refractivity contribution in [1.82, 2.24) is 0 Å². The molecule has 1 aromatic rings. The van der Waals surface area contributed by atoms with Crippen molar-refractivity contribution < 1.29 is 9.53 Å². The zero-order valence-electron chi connectivity index (χ0n) is 16.6. The van der Waals surface area contributed by atoms with Gasteiger partial charge >= 0.3 is 5.97 Å². The molecular weight excluding hydrogens is 344 g/mol. The summed E-state index contributed by atoms with van der Waals surface area (Å²) in [5, 5.41) is 0. The Morgan fingerprint density at radius 2 is 2.00 bits per heavy atom. The van der Waals surface area contributed by atoms with E-state index in [2.05, 4.69) is 26.8 Å². The number of esters is 1. The molecule has 0 spiro atoms. The highest BCUT2D eigenvalue weighted by atomic mass is 35.5. The Hall–Kier alpha value is -1.54. The van der Waals surface area contributed by atoms with Crippen LogP contribution in [0.2, 0.25) is 0 Å². The van der Waals surface area contributed by atoms with Crippen molar-refractivity contribution in [2.24, 2.45) is 5.92 Å². The summed E-state index contributed by atoms with van der Waals surface area (Å²) in [6, 6.07) is 9.70. The molecule has 3 heteroatoms. The SMILES string of the molecule is CCC(C)(Cl)CCCC(C)CC=CC(C)=CC(=O)OCc1ccccc1. The highest BCUT2D eigenvalue weighted by Crippen LogP contribution is 2.27. The van der Waals surface area contributed by atoms with Gasteiger partial charge in [0, 0.05) is 11.0 Å². The van der Waals surface area contributed by atoms with Gasteiger partial charge in [0.1, 0.15) is 6.61 Å². The Kier molecular flexibility index (Phi) is 10.3. The fourth-order valence-electron chi connectivity index (χ4n) is 2.60. The zero-order chi connectivity index (χ0) is 19.4. The van der Waals surface area contributed by atoms with E-state index in [-0.39, 0.29) is 10.8 Å². The number of ether oxygens (including phenoxy) is 1. The lowest BCUT2D eigenvalue weighted by atomic mass is 9.94. The van der Waals surface area contributed by atoms with Crippen LogP contribution in [0.25, 0.3) is 0 Å². The van der Waals surface area contributed by atoms with Gasteiger partial charge in [-0.1, -0.05) is 69.2 Å². The molecule has 0 fully saturated rings. The van der Waals surface area contributed by atoms with Crippen molar-refractivity contribution in [3.8, 4) is 0 Å². The van der Waals surface area contributed by atoms with Crippen molar-refractivity contribution in [1.29, 1.82) is 0 Å². The minimum Gasteiger partial charge on any atom is -0.458 e. The molecule has 0 amide bonds. The summed E-state index contributed by atoms with van der Waals surface area (Å²) in [4.78, 5) is 11.8. The maximum absolute atomic E-state index is 11.8. The molecule has 0 aliphatic heterocycles. The number of carbonyl (C=O) groups is 1. The summed E-state index contributed by atoms with van der Waals surface area (Å²) in [7, 11) is 0. The van der Waals surface area contributed by atoms with Crippen LogP contribution in [0.5, 0.6) is 0 Å². The molecule has 0 radical (unpaired) electrons. The predicted molar refractivity (Wildman–Crippen MR) is 111 cm³/mol. The summed E-state index contributed by atoms with van der Waals surface area (Å²) in [6.07, 6.45) is 11.1. The number of halogens is 1. The Labute approximate surface area is 164 Å². The van der Waals surface area contributed by atoms with Gasteiger partial charge in [0.05, 0.1) is 0 Å². The molecule has 2 atom stereocenters. The van der Waals surface area contributed by atoms with Crippen LogP contribution in [0.3, 0.4) is 0 Å². The largest absolute Gasteiger partial charge is 0.458 e. The third kappa shape index (κ3) is 10.5. The van der Waals surface area contributed by atoms with Crippen molar-refractivity contribution in [2.45, 2.75) is 71.3 Å². The molecule has 0 heterocycles. The second-order valence-electron chi connectivity index (χ2n) is 7.38. The quantitative estimate of drug-likeness (QED) is 0.183. The number of benzene rings is 1. The first-order valence-electron chi connectivity index (χ1n) is 9.57. The molecule has 1 aromatic carbocycles. The maximum Gasteiger partial charge on any atom is 0.331 e. The Morgan fingerprint density at radius 1 is 1.31 bits per heavy atom. The van der Waals surface area contributed by atoms with Crippen molar-refractivity contribution in [2.75, 3.05) is 0 Å². The number of alkyl halides is 1. The van der Waals surface area contributed by atoms with Crippen LogP contribution >= 0.6 is 11.6 Å². The topological polar surface area (TPSA) is 26.3 Å². The van der Waals surface area contributed by atoms with Crippen LogP contribution in [-0.4, -0.2) is 10.8 Å². The first-order valence-corrected chi connectivity index (χ1v) is 9.94. The van der Waals surface area contributed by atoms with Gasteiger partial charge in [0.25, 0.3) is 0 Å². The van der Waals surface area contributed by atoms with Gasteiger partial charge < -0.3 is 4.74 Å². The molecule has 0 N–H and O–H groups in total. The molecule has 0 aliphatic carbocycles. The van der Waals surface area contributed by atoms with Gasteiger partial charge in [-0.05, 0) is 50.2 Å². The first-order chi connectivity index (χ1) is 12.3. The fraction of sp³-hybridized carbons (Fsp3) is 0.522. The fourth-order valence-corrected chi connectivity index (χ4v) is 2.74. The summed E-state index contributed by atoms with van der Waals surface area (Å²) in [6.45, 7) is 8.74. The normalized spacial score (nSPS) is 15.7. The van der Waals surface area contributed by atoms with E-state index in [0.717, 1.165) is 36.8 Å². The van der Waals surface area contributed by atoms with E-state index in [1.165, 1.54) is 6.42 Å². The lowest BCUT2D eigenvalue weighted by Gasteiger charge is -2.20. The standard InChI is InChI=1S/C23H33ClO2/c1-5-23(4,24)16-10-13-19(2)11-9-12-20(3)17-22(25)26-18-21-14-7-6-8-15-21/h6-9,12,14-15,17,19H,5,10-11,13,16,18H2,1-4H3. The highest BCUT2D eigenvalue weighted by Gasteiger charge is 2.17. The van der Waals surface area contributed by atoms with Crippen LogP contribution in [0, 0.1) is 5.92 Å². The molecule has 0 saturated carbocycles. The molecule has 0 aliphatic rings. The third-order valence-electron chi connectivity index (χ3n) is 4.62. The predicted octanol–water partition coefficient (Wildman–Crippen LogP) is 6.84. The lowest BCUT2D eigenvalue weighted by molar-refractivity contribution is -0.139. The van der Waals surface area contributed by atoms with Crippen LogP contribution in [-0.2, 0) is 16.1 Å². The molecule has 0 saturated heterocycles. The van der Waals surface area contributed by atoms with E-state index in [4.69, 9.17) is 16.3 Å². The lowest BCUT2D eigenvalue weighted by Crippen LogP contribution is -2.14. The molecule has 0 bridgehead atoms. The summed E-state index contributed by atoms with van der Waals surface area (Å²) < 4.78 is 5.26. The Balaban J connectivity index is 2.28. The maximum atomic E-state index is 11.8. The number of allylic oxidation sites excluding steroid dienone is 3. The van der Waals surface area contributed by atoms with Crippen LogP contribution in [0.15, 0.2) is 54.1 Å².